The third kappa shape index (κ3) is 3.13. The zero-order valence-corrected chi connectivity index (χ0v) is 9.93. The number of amides is 1. The summed E-state index contributed by atoms with van der Waals surface area (Å²) in [5.74, 6) is -1.27. The van der Waals surface area contributed by atoms with Crippen molar-refractivity contribution in [2.45, 2.75) is 19.4 Å². The minimum atomic E-state index is -0.553. The van der Waals surface area contributed by atoms with E-state index in [9.17, 15) is 14.4 Å². The maximum atomic E-state index is 11.5. The van der Waals surface area contributed by atoms with Crippen molar-refractivity contribution in [2.75, 3.05) is 20.2 Å². The van der Waals surface area contributed by atoms with Gasteiger partial charge in [-0.05, 0) is 12.5 Å². The fourth-order valence-corrected chi connectivity index (χ4v) is 1.87. The van der Waals surface area contributed by atoms with Gasteiger partial charge in [-0.3, -0.25) is 14.5 Å². The van der Waals surface area contributed by atoms with E-state index >= 15 is 0 Å². The Balaban J connectivity index is 2.87. The fraction of sp³-hybridized carbons (Fsp3) is 0.545. The van der Waals surface area contributed by atoms with Gasteiger partial charge in [0.15, 0.2) is 5.78 Å². The van der Waals surface area contributed by atoms with Crippen molar-refractivity contribution in [1.29, 1.82) is 0 Å². The standard InChI is InChI=1S/C11H16N2O4/c1-3-9(10(12)15)13-5-7(11(16)17-2)4-8(14)6-13/h4,9H,3,5-6H2,1-2H3,(H2,12,15)/t9-/m0/s1. The quantitative estimate of drug-likeness (QED) is 0.652. The molecule has 0 spiro atoms. The summed E-state index contributed by atoms with van der Waals surface area (Å²) < 4.78 is 4.56. The highest BCUT2D eigenvalue weighted by molar-refractivity contribution is 6.02. The molecule has 2 N–H and O–H groups in total. The molecule has 0 bridgehead atoms. The molecule has 0 saturated heterocycles. The van der Waals surface area contributed by atoms with Crippen LogP contribution < -0.4 is 5.73 Å². The van der Waals surface area contributed by atoms with Crippen LogP contribution in [0, 0.1) is 0 Å². The lowest BCUT2D eigenvalue weighted by Gasteiger charge is -2.30. The second-order valence-electron chi connectivity index (χ2n) is 3.86. The first-order valence-electron chi connectivity index (χ1n) is 5.34. The fourth-order valence-electron chi connectivity index (χ4n) is 1.87. The molecule has 6 nitrogen and oxygen atoms in total. The molecule has 1 aliphatic heterocycles. The molecular formula is C11H16N2O4. The lowest BCUT2D eigenvalue weighted by atomic mass is 10.0. The van der Waals surface area contributed by atoms with E-state index in [1.54, 1.807) is 11.8 Å². The van der Waals surface area contributed by atoms with Gasteiger partial charge in [-0.15, -0.1) is 0 Å². The Kier molecular flexibility index (Phi) is 4.39. The molecular weight excluding hydrogens is 224 g/mol. The molecule has 0 saturated carbocycles. The van der Waals surface area contributed by atoms with Crippen LogP contribution in [0.25, 0.3) is 0 Å². The molecule has 0 radical (unpaired) electrons. The van der Waals surface area contributed by atoms with Crippen LogP contribution in [0.4, 0.5) is 0 Å². The first-order chi connectivity index (χ1) is 7.99. The highest BCUT2D eigenvalue weighted by atomic mass is 16.5. The van der Waals surface area contributed by atoms with E-state index in [2.05, 4.69) is 4.74 Å². The van der Waals surface area contributed by atoms with Gasteiger partial charge in [0.2, 0.25) is 5.91 Å². The van der Waals surface area contributed by atoms with Crippen LogP contribution >= 0.6 is 0 Å². The van der Waals surface area contributed by atoms with Gasteiger partial charge in [0.25, 0.3) is 0 Å². The smallest absolute Gasteiger partial charge is 0.335 e. The normalized spacial score (nSPS) is 18.5. The molecule has 17 heavy (non-hydrogen) atoms. The molecule has 1 amide bonds. The SMILES string of the molecule is CC[C@@H](C(N)=O)N1CC(=O)C=C(C(=O)OC)C1. The van der Waals surface area contributed by atoms with Gasteiger partial charge in [0, 0.05) is 6.54 Å². The second kappa shape index (κ2) is 5.58. The summed E-state index contributed by atoms with van der Waals surface area (Å²) in [6.07, 6.45) is 1.76. The van der Waals surface area contributed by atoms with Crippen LogP contribution in [0.1, 0.15) is 13.3 Å². The van der Waals surface area contributed by atoms with Crippen LogP contribution in [-0.2, 0) is 19.1 Å². The Labute approximate surface area is 99.4 Å². The van der Waals surface area contributed by atoms with Gasteiger partial charge in [-0.25, -0.2) is 4.79 Å². The van der Waals surface area contributed by atoms with Crippen molar-refractivity contribution in [3.63, 3.8) is 0 Å². The van der Waals surface area contributed by atoms with Gasteiger partial charge >= 0.3 is 5.97 Å². The molecule has 0 aromatic heterocycles. The van der Waals surface area contributed by atoms with Crippen LogP contribution in [0.2, 0.25) is 0 Å². The van der Waals surface area contributed by atoms with E-state index in [1.165, 1.54) is 13.2 Å². The van der Waals surface area contributed by atoms with Gasteiger partial charge in [-0.1, -0.05) is 6.92 Å². The lowest BCUT2D eigenvalue weighted by Crippen LogP contribution is -2.49. The Bertz CT molecular complexity index is 376. The summed E-state index contributed by atoms with van der Waals surface area (Å²) in [5.41, 5.74) is 5.50. The number of primary amides is 1. The topological polar surface area (TPSA) is 89.7 Å². The molecule has 0 aromatic rings. The monoisotopic (exact) mass is 240 g/mol. The molecule has 1 atom stereocenters. The minimum Gasteiger partial charge on any atom is -0.466 e. The number of hydrogen-bond acceptors (Lipinski definition) is 5. The third-order valence-corrected chi connectivity index (χ3v) is 2.67. The maximum Gasteiger partial charge on any atom is 0.335 e. The summed E-state index contributed by atoms with van der Waals surface area (Å²) in [7, 11) is 1.25. The van der Waals surface area contributed by atoms with E-state index in [-0.39, 0.29) is 24.4 Å². The Morgan fingerprint density at radius 2 is 2.18 bits per heavy atom. The molecule has 1 rings (SSSR count). The van der Waals surface area contributed by atoms with Crippen molar-refractivity contribution in [3.8, 4) is 0 Å². The van der Waals surface area contributed by atoms with Crippen molar-refractivity contribution in [2.24, 2.45) is 5.73 Å². The number of nitrogens with zero attached hydrogens (tertiary/aromatic N) is 1. The molecule has 0 aromatic carbocycles. The summed E-state index contributed by atoms with van der Waals surface area (Å²) in [6, 6.07) is -0.535. The Morgan fingerprint density at radius 1 is 1.53 bits per heavy atom. The van der Waals surface area contributed by atoms with Crippen LogP contribution in [-0.4, -0.2) is 48.8 Å². The van der Waals surface area contributed by atoms with Gasteiger partial charge in [0.1, 0.15) is 0 Å². The zero-order chi connectivity index (χ0) is 13.0. The van der Waals surface area contributed by atoms with Crippen LogP contribution in [0.15, 0.2) is 11.6 Å². The minimum absolute atomic E-state index is 0.0991. The second-order valence-corrected chi connectivity index (χ2v) is 3.86. The van der Waals surface area contributed by atoms with Crippen LogP contribution in [0.5, 0.6) is 0 Å². The predicted octanol–water partition coefficient (Wildman–Crippen LogP) is -0.766. The summed E-state index contributed by atoms with van der Waals surface area (Å²) >= 11 is 0. The predicted molar refractivity (Wildman–Crippen MR) is 60.0 cm³/mol. The molecule has 6 heteroatoms. The number of carbonyl (C=O) groups excluding carboxylic acids is 3. The first kappa shape index (κ1) is 13.4. The molecule has 0 aliphatic carbocycles. The van der Waals surface area contributed by atoms with Crippen molar-refractivity contribution in [1.82, 2.24) is 4.90 Å². The van der Waals surface area contributed by atoms with E-state index in [4.69, 9.17) is 5.73 Å². The number of carbonyl (C=O) groups is 3. The van der Waals surface area contributed by atoms with E-state index in [0.717, 1.165) is 0 Å². The summed E-state index contributed by atoms with van der Waals surface area (Å²) in [6.45, 7) is 2.11. The Hall–Kier alpha value is -1.69. The number of ketones is 1. The molecule has 0 unspecified atom stereocenters. The molecule has 1 heterocycles. The average Bonchev–Trinajstić information content (AvgIpc) is 2.27. The van der Waals surface area contributed by atoms with E-state index < -0.39 is 17.9 Å². The van der Waals surface area contributed by atoms with Crippen molar-refractivity contribution >= 4 is 17.7 Å². The maximum absolute atomic E-state index is 11.5. The number of methoxy groups -OCH3 is 1. The van der Waals surface area contributed by atoms with E-state index in [0.29, 0.717) is 6.42 Å². The lowest BCUT2D eigenvalue weighted by molar-refractivity contribution is -0.138. The summed E-state index contributed by atoms with van der Waals surface area (Å²) in [5, 5.41) is 0. The van der Waals surface area contributed by atoms with Crippen LogP contribution in [0.3, 0.4) is 0 Å². The highest BCUT2D eigenvalue weighted by Gasteiger charge is 2.29. The number of rotatable bonds is 4. The first-order valence-corrected chi connectivity index (χ1v) is 5.34. The van der Waals surface area contributed by atoms with Gasteiger partial charge < -0.3 is 10.5 Å². The zero-order valence-electron chi connectivity index (χ0n) is 9.93. The largest absolute Gasteiger partial charge is 0.466 e. The highest BCUT2D eigenvalue weighted by Crippen LogP contribution is 2.13. The number of esters is 1. The van der Waals surface area contributed by atoms with Crippen molar-refractivity contribution in [3.05, 3.63) is 11.6 Å². The number of hydrogen-bond donors (Lipinski definition) is 1. The average molecular weight is 240 g/mol. The summed E-state index contributed by atoms with van der Waals surface area (Å²) in [4.78, 5) is 35.6. The van der Waals surface area contributed by atoms with Gasteiger partial charge in [-0.2, -0.15) is 0 Å². The van der Waals surface area contributed by atoms with Crippen molar-refractivity contribution < 1.29 is 19.1 Å². The molecule has 0 fully saturated rings. The molecule has 94 valence electrons. The number of nitrogens with two attached hydrogens (primary N) is 1. The Morgan fingerprint density at radius 3 is 2.65 bits per heavy atom. The third-order valence-electron chi connectivity index (χ3n) is 2.67. The molecule has 1 aliphatic rings. The van der Waals surface area contributed by atoms with Gasteiger partial charge in [0.05, 0.1) is 25.3 Å². The van der Waals surface area contributed by atoms with E-state index in [1.807, 2.05) is 0 Å². The number of ether oxygens (including phenoxy) is 1.